The maximum absolute atomic E-state index is 11.6. The van der Waals surface area contributed by atoms with Gasteiger partial charge in [-0.2, -0.15) is 0 Å². The van der Waals surface area contributed by atoms with Gasteiger partial charge in [0.2, 0.25) is 11.6 Å². The molecule has 0 saturated carbocycles. The van der Waals surface area contributed by atoms with Gasteiger partial charge >= 0.3 is 5.69 Å². The molecule has 21 heavy (non-hydrogen) atoms. The first-order chi connectivity index (χ1) is 9.93. The summed E-state index contributed by atoms with van der Waals surface area (Å²) >= 11 is 0. The average Bonchev–Trinajstić information content (AvgIpc) is 2.37. The molecular weight excluding hydrogens is 298 g/mol. The van der Waals surface area contributed by atoms with Crippen molar-refractivity contribution >= 4 is 27.2 Å². The Morgan fingerprint density at radius 2 is 2.14 bits per heavy atom. The van der Waals surface area contributed by atoms with Crippen LogP contribution in [-0.4, -0.2) is 47.4 Å². The predicted molar refractivity (Wildman–Crippen MR) is 78.1 cm³/mol. The molecule has 10 heteroatoms. The molecule has 1 aliphatic rings. The summed E-state index contributed by atoms with van der Waals surface area (Å²) in [6, 6.07) is -0.369. The van der Waals surface area contributed by atoms with E-state index in [9.17, 15) is 18.5 Å². The molecule has 0 radical (unpaired) electrons. The Kier molecular flexibility index (Phi) is 4.56. The fraction of sp³-hybridized carbons (Fsp3) is 0.636. The minimum absolute atomic E-state index is 0.0370. The standard InChI is InChI=1S/C11H17N5O4S/c1-2-12-10-9(16(17)18)11(14-7-13-10)15-8-4-3-5-21(19,20)6-8/h7-8H,2-6H2,1H3,(H2,12,13,14,15). The Morgan fingerprint density at radius 3 is 2.76 bits per heavy atom. The van der Waals surface area contributed by atoms with E-state index < -0.39 is 14.8 Å². The van der Waals surface area contributed by atoms with Crippen LogP contribution < -0.4 is 10.6 Å². The van der Waals surface area contributed by atoms with E-state index in [1.54, 1.807) is 6.92 Å². The lowest BCUT2D eigenvalue weighted by atomic mass is 10.2. The van der Waals surface area contributed by atoms with Crippen LogP contribution in [0.25, 0.3) is 0 Å². The first-order valence-electron chi connectivity index (χ1n) is 6.63. The van der Waals surface area contributed by atoms with Crippen molar-refractivity contribution in [1.82, 2.24) is 9.97 Å². The summed E-state index contributed by atoms with van der Waals surface area (Å²) in [4.78, 5) is 18.4. The van der Waals surface area contributed by atoms with Crippen molar-refractivity contribution in [2.75, 3.05) is 28.7 Å². The van der Waals surface area contributed by atoms with Gasteiger partial charge in [0.15, 0.2) is 9.84 Å². The molecule has 116 valence electrons. The zero-order valence-corrected chi connectivity index (χ0v) is 12.4. The minimum atomic E-state index is -3.10. The highest BCUT2D eigenvalue weighted by Crippen LogP contribution is 2.30. The number of anilines is 2. The van der Waals surface area contributed by atoms with Crippen molar-refractivity contribution in [2.45, 2.75) is 25.8 Å². The summed E-state index contributed by atoms with van der Waals surface area (Å²) in [6.45, 7) is 2.28. The highest BCUT2D eigenvalue weighted by molar-refractivity contribution is 7.91. The molecule has 1 aliphatic heterocycles. The highest BCUT2D eigenvalue weighted by atomic mass is 32.2. The lowest BCUT2D eigenvalue weighted by Gasteiger charge is -2.23. The normalized spacial score (nSPS) is 20.7. The van der Waals surface area contributed by atoms with Crippen LogP contribution in [0.15, 0.2) is 6.33 Å². The van der Waals surface area contributed by atoms with E-state index in [0.717, 1.165) is 0 Å². The van der Waals surface area contributed by atoms with Crippen molar-refractivity contribution in [3.05, 3.63) is 16.4 Å². The largest absolute Gasteiger partial charge is 0.364 e. The molecule has 0 spiro atoms. The number of nitrogens with zero attached hydrogens (tertiary/aromatic N) is 3. The third-order valence-corrected chi connectivity index (χ3v) is 4.97. The van der Waals surface area contributed by atoms with Gasteiger partial charge < -0.3 is 10.6 Å². The summed E-state index contributed by atoms with van der Waals surface area (Å²) in [5.41, 5.74) is -0.262. The predicted octanol–water partition coefficient (Wildman–Crippen LogP) is 0.806. The molecule has 0 bridgehead atoms. The number of nitro groups is 1. The Bertz CT molecular complexity index is 634. The van der Waals surface area contributed by atoms with E-state index in [1.807, 2.05) is 0 Å². The van der Waals surface area contributed by atoms with E-state index in [0.29, 0.717) is 19.4 Å². The third kappa shape index (κ3) is 3.78. The first-order valence-corrected chi connectivity index (χ1v) is 8.45. The van der Waals surface area contributed by atoms with E-state index in [2.05, 4.69) is 20.6 Å². The van der Waals surface area contributed by atoms with Crippen LogP contribution in [-0.2, 0) is 9.84 Å². The molecule has 0 aromatic carbocycles. The van der Waals surface area contributed by atoms with Crippen molar-refractivity contribution < 1.29 is 13.3 Å². The monoisotopic (exact) mass is 315 g/mol. The minimum Gasteiger partial charge on any atom is -0.364 e. The quantitative estimate of drug-likeness (QED) is 0.603. The van der Waals surface area contributed by atoms with Gasteiger partial charge in [-0.15, -0.1) is 0 Å². The van der Waals surface area contributed by atoms with Gasteiger partial charge in [0.25, 0.3) is 0 Å². The number of rotatable bonds is 5. The van der Waals surface area contributed by atoms with Crippen molar-refractivity contribution in [3.8, 4) is 0 Å². The van der Waals surface area contributed by atoms with Crippen molar-refractivity contribution in [3.63, 3.8) is 0 Å². The van der Waals surface area contributed by atoms with Gasteiger partial charge in [0, 0.05) is 12.6 Å². The van der Waals surface area contributed by atoms with Crippen molar-refractivity contribution in [2.24, 2.45) is 0 Å². The second kappa shape index (κ2) is 6.20. The highest BCUT2D eigenvalue weighted by Gasteiger charge is 2.29. The van der Waals surface area contributed by atoms with Crippen molar-refractivity contribution in [1.29, 1.82) is 0 Å². The molecule has 1 aromatic heterocycles. The topological polar surface area (TPSA) is 127 Å². The van der Waals surface area contributed by atoms with Gasteiger partial charge in [-0.3, -0.25) is 10.1 Å². The SMILES string of the molecule is CCNc1ncnc(NC2CCCS(=O)(=O)C2)c1[N+](=O)[O-]. The Labute approximate surface area is 122 Å². The Hall–Kier alpha value is -1.97. The zero-order valence-electron chi connectivity index (χ0n) is 11.6. The number of aromatic nitrogens is 2. The summed E-state index contributed by atoms with van der Waals surface area (Å²) in [5.74, 6) is 0.302. The molecule has 2 heterocycles. The number of nitrogens with one attached hydrogen (secondary N) is 2. The first kappa shape index (κ1) is 15.4. The van der Waals surface area contributed by atoms with Crippen LogP contribution in [0.3, 0.4) is 0 Å². The molecule has 2 N–H and O–H groups in total. The fourth-order valence-corrected chi connectivity index (χ4v) is 3.92. The number of sulfone groups is 1. The summed E-state index contributed by atoms with van der Waals surface area (Å²) in [5, 5.41) is 16.9. The number of hydrogen-bond donors (Lipinski definition) is 2. The Morgan fingerprint density at radius 1 is 1.43 bits per heavy atom. The lowest BCUT2D eigenvalue weighted by molar-refractivity contribution is -0.383. The maximum Gasteiger partial charge on any atom is 0.353 e. The van der Waals surface area contributed by atoms with E-state index >= 15 is 0 Å². The molecule has 1 fully saturated rings. The van der Waals surface area contributed by atoms with Crippen LogP contribution in [0.4, 0.5) is 17.3 Å². The number of hydrogen-bond acceptors (Lipinski definition) is 8. The van der Waals surface area contributed by atoms with Gasteiger partial charge in [0.1, 0.15) is 6.33 Å². The molecule has 0 amide bonds. The van der Waals surface area contributed by atoms with Gasteiger partial charge in [0.05, 0.1) is 16.4 Å². The van der Waals surface area contributed by atoms with E-state index in [1.165, 1.54) is 6.33 Å². The molecule has 1 unspecified atom stereocenters. The van der Waals surface area contributed by atoms with Gasteiger partial charge in [-0.05, 0) is 19.8 Å². The van der Waals surface area contributed by atoms with Gasteiger partial charge in [-0.25, -0.2) is 18.4 Å². The molecular formula is C11H17N5O4S. The molecule has 1 aromatic rings. The summed E-state index contributed by atoms with van der Waals surface area (Å²) < 4.78 is 23.2. The average molecular weight is 315 g/mol. The van der Waals surface area contributed by atoms with Crippen LogP contribution in [0.1, 0.15) is 19.8 Å². The van der Waals surface area contributed by atoms with E-state index in [4.69, 9.17) is 0 Å². The second-order valence-electron chi connectivity index (χ2n) is 4.80. The fourth-order valence-electron chi connectivity index (χ4n) is 2.28. The lowest BCUT2D eigenvalue weighted by Crippen LogP contribution is -2.35. The van der Waals surface area contributed by atoms with E-state index in [-0.39, 0.29) is 34.9 Å². The molecule has 1 saturated heterocycles. The Balaban J connectivity index is 2.27. The van der Waals surface area contributed by atoms with Crippen LogP contribution in [0, 0.1) is 10.1 Å². The van der Waals surface area contributed by atoms with Gasteiger partial charge in [-0.1, -0.05) is 0 Å². The third-order valence-electron chi connectivity index (χ3n) is 3.15. The van der Waals surface area contributed by atoms with Crippen LogP contribution >= 0.6 is 0 Å². The van der Waals surface area contributed by atoms with Crippen LogP contribution in [0.2, 0.25) is 0 Å². The zero-order chi connectivity index (χ0) is 15.5. The molecule has 2 rings (SSSR count). The smallest absolute Gasteiger partial charge is 0.353 e. The summed E-state index contributed by atoms with van der Waals surface area (Å²) in [6.07, 6.45) is 2.39. The second-order valence-corrected chi connectivity index (χ2v) is 7.03. The summed E-state index contributed by atoms with van der Waals surface area (Å²) in [7, 11) is -3.10. The molecule has 9 nitrogen and oxygen atoms in total. The molecule has 0 aliphatic carbocycles. The maximum atomic E-state index is 11.6. The van der Waals surface area contributed by atoms with Crippen LogP contribution in [0.5, 0.6) is 0 Å². The molecule has 1 atom stereocenters.